The molecule has 0 N–H and O–H groups in total. The van der Waals surface area contributed by atoms with Crippen LogP contribution in [-0.4, -0.2) is 136 Å². The molecule has 5 rings (SSSR count). The summed E-state index contributed by atoms with van der Waals surface area (Å²) < 4.78 is 29.6. The van der Waals surface area contributed by atoms with Crippen molar-refractivity contribution in [3.05, 3.63) is 53.1 Å². The van der Waals surface area contributed by atoms with Gasteiger partial charge >= 0.3 is 0 Å². The first-order chi connectivity index (χ1) is 24.8. The van der Waals surface area contributed by atoms with Gasteiger partial charge in [0.25, 0.3) is 0 Å². The van der Waals surface area contributed by atoms with Gasteiger partial charge in [0.05, 0.1) is 82.3 Å². The lowest BCUT2D eigenvalue weighted by atomic mass is 9.74. The van der Waals surface area contributed by atoms with E-state index in [9.17, 15) is 9.59 Å². The highest BCUT2D eigenvalue weighted by Crippen LogP contribution is 2.47. The molecule has 2 aliphatic rings. The number of aryl methyl sites for hydroxylation is 1. The summed E-state index contributed by atoms with van der Waals surface area (Å²) in [5, 5.41) is 0.604. The quantitative estimate of drug-likeness (QED) is 0.107. The minimum absolute atomic E-state index is 0.0200. The summed E-state index contributed by atoms with van der Waals surface area (Å²) in [6.07, 6.45) is 10.7. The third-order valence-corrected chi connectivity index (χ3v) is 9.23. The number of terminal acetylenes is 1. The summed E-state index contributed by atoms with van der Waals surface area (Å²) in [6, 6.07) is 7.60. The van der Waals surface area contributed by atoms with Crippen molar-refractivity contribution in [1.29, 1.82) is 0 Å². The Morgan fingerprint density at radius 2 is 1.63 bits per heavy atom. The third kappa shape index (κ3) is 10.0. The van der Waals surface area contributed by atoms with E-state index in [0.717, 1.165) is 41.0 Å². The predicted octanol–water partition coefficient (Wildman–Crippen LogP) is 3.16. The van der Waals surface area contributed by atoms with Crippen molar-refractivity contribution in [3.8, 4) is 12.3 Å². The number of fused-ring (bicyclic) bond motifs is 3. The number of hydrogen-bond donors (Lipinski definition) is 0. The SMILES string of the molecule is C#CCOCCOCCOCCOCCOCCCCn1c(CN2C(=O)C3(CN(C(=O)CCN(C)C)C3)c3ccncc32)nc2cc(Cl)ccc21. The molecule has 1 aromatic carbocycles. The van der Waals surface area contributed by atoms with Crippen LogP contribution in [0.25, 0.3) is 11.0 Å². The Hall–Kier alpha value is -3.61. The molecule has 2 aliphatic heterocycles. The molecule has 0 radical (unpaired) electrons. The summed E-state index contributed by atoms with van der Waals surface area (Å²) in [7, 11) is 3.89. The third-order valence-electron chi connectivity index (χ3n) is 8.99. The molecule has 0 saturated carbocycles. The van der Waals surface area contributed by atoms with E-state index >= 15 is 0 Å². The van der Waals surface area contributed by atoms with Gasteiger partial charge in [-0.1, -0.05) is 17.5 Å². The number of ether oxygens (including phenoxy) is 5. The van der Waals surface area contributed by atoms with Gasteiger partial charge in [0, 0.05) is 50.4 Å². The Morgan fingerprint density at radius 1 is 0.961 bits per heavy atom. The van der Waals surface area contributed by atoms with Crippen LogP contribution in [0, 0.1) is 12.3 Å². The summed E-state index contributed by atoms with van der Waals surface area (Å²) in [5.74, 6) is 3.22. The van der Waals surface area contributed by atoms with Crippen molar-refractivity contribution in [1.82, 2.24) is 24.3 Å². The number of unbranched alkanes of at least 4 members (excludes halogenated alkanes) is 1. The lowest BCUT2D eigenvalue weighted by Gasteiger charge is -2.47. The number of pyridine rings is 1. The molecular formula is C37H49ClN6O7. The van der Waals surface area contributed by atoms with E-state index in [-0.39, 0.29) is 18.4 Å². The summed E-state index contributed by atoms with van der Waals surface area (Å²) in [6.45, 7) is 7.23. The molecule has 0 atom stereocenters. The molecule has 0 aliphatic carbocycles. The molecule has 13 nitrogen and oxygen atoms in total. The van der Waals surface area contributed by atoms with Crippen molar-refractivity contribution in [2.75, 3.05) is 105 Å². The van der Waals surface area contributed by atoms with Gasteiger partial charge in [0.2, 0.25) is 11.8 Å². The van der Waals surface area contributed by atoms with Gasteiger partial charge in [0.15, 0.2) is 0 Å². The van der Waals surface area contributed by atoms with Gasteiger partial charge in [-0.05, 0) is 56.8 Å². The van der Waals surface area contributed by atoms with Crippen LogP contribution in [0.5, 0.6) is 0 Å². The monoisotopic (exact) mass is 724 g/mol. The van der Waals surface area contributed by atoms with E-state index in [2.05, 4.69) is 15.5 Å². The number of aromatic nitrogens is 3. The fraction of sp³-hybridized carbons (Fsp3) is 0.568. The van der Waals surface area contributed by atoms with Crippen LogP contribution in [0.15, 0.2) is 36.7 Å². The summed E-state index contributed by atoms with van der Waals surface area (Å²) in [5.41, 5.74) is 2.67. The van der Waals surface area contributed by atoms with E-state index in [1.54, 1.807) is 22.2 Å². The number of carbonyl (C=O) groups excluding carboxylic acids is 2. The number of benzene rings is 1. The van der Waals surface area contributed by atoms with E-state index in [1.807, 2.05) is 43.3 Å². The predicted molar refractivity (Wildman–Crippen MR) is 194 cm³/mol. The van der Waals surface area contributed by atoms with Gasteiger partial charge < -0.3 is 43.0 Å². The van der Waals surface area contributed by atoms with Crippen LogP contribution < -0.4 is 4.90 Å². The second-order valence-corrected chi connectivity index (χ2v) is 13.3. The first-order valence-corrected chi connectivity index (χ1v) is 17.9. The van der Waals surface area contributed by atoms with Crippen molar-refractivity contribution in [2.24, 2.45) is 0 Å². The highest BCUT2D eigenvalue weighted by molar-refractivity contribution is 6.31. The average molecular weight is 725 g/mol. The molecule has 51 heavy (non-hydrogen) atoms. The van der Waals surface area contributed by atoms with E-state index < -0.39 is 5.41 Å². The number of hydrogen-bond acceptors (Lipinski definition) is 10. The highest BCUT2D eigenvalue weighted by Gasteiger charge is 2.59. The molecule has 0 bridgehead atoms. The van der Waals surface area contributed by atoms with Crippen LogP contribution >= 0.6 is 11.6 Å². The highest BCUT2D eigenvalue weighted by atomic mass is 35.5. The molecule has 2 amide bonds. The minimum atomic E-state index is -0.756. The van der Waals surface area contributed by atoms with Gasteiger partial charge in [-0.3, -0.25) is 14.6 Å². The fourth-order valence-corrected chi connectivity index (χ4v) is 6.53. The van der Waals surface area contributed by atoms with Crippen molar-refractivity contribution < 1.29 is 33.3 Å². The maximum absolute atomic E-state index is 14.2. The van der Waals surface area contributed by atoms with Crippen LogP contribution in [0.2, 0.25) is 5.02 Å². The molecule has 4 heterocycles. The summed E-state index contributed by atoms with van der Waals surface area (Å²) >= 11 is 6.34. The normalized spacial score (nSPS) is 14.8. The molecule has 0 unspecified atom stereocenters. The van der Waals surface area contributed by atoms with E-state index in [4.69, 9.17) is 46.7 Å². The maximum Gasteiger partial charge on any atom is 0.241 e. The van der Waals surface area contributed by atoms with Gasteiger partial charge in [-0.2, -0.15) is 0 Å². The average Bonchev–Trinajstić information content (AvgIpc) is 3.56. The molecule has 1 fully saturated rings. The van der Waals surface area contributed by atoms with Crippen LogP contribution in [0.3, 0.4) is 0 Å². The Labute approximate surface area is 305 Å². The van der Waals surface area contributed by atoms with Crippen LogP contribution in [-0.2, 0) is 51.8 Å². The fourth-order valence-electron chi connectivity index (χ4n) is 6.36. The number of rotatable bonds is 23. The topological polar surface area (TPSA) is 121 Å². The number of halogens is 1. The Kier molecular flexibility index (Phi) is 14.6. The number of anilines is 1. The van der Waals surface area contributed by atoms with Crippen molar-refractivity contribution in [3.63, 3.8) is 0 Å². The molecule has 14 heteroatoms. The Balaban J connectivity index is 1.07. The van der Waals surface area contributed by atoms with Gasteiger partial charge in [0.1, 0.15) is 17.8 Å². The lowest BCUT2D eigenvalue weighted by Crippen LogP contribution is -2.65. The molecule has 1 saturated heterocycles. The lowest BCUT2D eigenvalue weighted by molar-refractivity contribution is -0.144. The zero-order valence-corrected chi connectivity index (χ0v) is 30.4. The second-order valence-electron chi connectivity index (χ2n) is 12.9. The van der Waals surface area contributed by atoms with Gasteiger partial charge in [-0.25, -0.2) is 4.98 Å². The number of carbonyl (C=O) groups is 2. The number of likely N-dealkylation sites (tertiary alicyclic amines) is 1. The largest absolute Gasteiger partial charge is 0.379 e. The van der Waals surface area contributed by atoms with Crippen LogP contribution in [0.1, 0.15) is 30.7 Å². The maximum atomic E-state index is 14.2. The standard InChI is InChI=1S/C37H49ClN6O7/c1-4-14-47-16-18-49-20-22-51-23-21-50-19-17-48-15-6-5-12-43-32-8-7-29(38)24-31(32)40-34(43)26-44-33-25-39-11-9-30(33)37(36(44)46)27-42(28-37)35(45)10-13-41(2)3/h1,7-9,11,24-25H,5-6,10,12-23,26-28H2,2-3H3. The number of nitrogens with zero attached hydrogens (tertiary/aromatic N) is 6. The Bertz CT molecular complexity index is 1640. The zero-order chi connectivity index (χ0) is 36.1. The Morgan fingerprint density at radius 3 is 2.29 bits per heavy atom. The molecule has 2 aromatic heterocycles. The first kappa shape index (κ1) is 38.6. The van der Waals surface area contributed by atoms with Crippen molar-refractivity contribution >= 4 is 40.1 Å². The number of imidazole rings is 1. The van der Waals surface area contributed by atoms with Crippen LogP contribution in [0.4, 0.5) is 5.69 Å². The molecular weight excluding hydrogens is 676 g/mol. The van der Waals surface area contributed by atoms with Crippen molar-refractivity contribution in [2.45, 2.75) is 37.8 Å². The smallest absolute Gasteiger partial charge is 0.241 e. The minimum Gasteiger partial charge on any atom is -0.379 e. The second kappa shape index (κ2) is 19.3. The molecule has 1 spiro atoms. The summed E-state index contributed by atoms with van der Waals surface area (Å²) in [4.78, 5) is 41.9. The van der Waals surface area contributed by atoms with E-state index in [0.29, 0.717) is 104 Å². The molecule has 276 valence electrons. The number of amides is 2. The molecule has 3 aromatic rings. The van der Waals surface area contributed by atoms with Gasteiger partial charge in [-0.15, -0.1) is 6.42 Å². The zero-order valence-electron chi connectivity index (χ0n) is 29.7. The first-order valence-electron chi connectivity index (χ1n) is 17.5. The van der Waals surface area contributed by atoms with E-state index in [1.165, 1.54) is 0 Å².